The van der Waals surface area contributed by atoms with Gasteiger partial charge in [-0.25, -0.2) is 4.79 Å². The average molecular weight is 539 g/mol. The second-order valence-corrected chi connectivity index (χ2v) is 8.40. The Hall–Kier alpha value is -2.41. The molecule has 0 radical (unpaired) electrons. The number of rotatable bonds is 9. The van der Waals surface area contributed by atoms with Crippen LogP contribution in [0, 0.1) is 0 Å². The van der Waals surface area contributed by atoms with Crippen molar-refractivity contribution < 1.29 is 19.0 Å². The van der Waals surface area contributed by atoms with Gasteiger partial charge >= 0.3 is 5.97 Å². The first-order valence-corrected chi connectivity index (χ1v) is 11.4. The van der Waals surface area contributed by atoms with Gasteiger partial charge in [0.25, 0.3) is 0 Å². The highest BCUT2D eigenvalue weighted by molar-refractivity contribution is 9.10. The molecule has 0 unspecified atom stereocenters. The van der Waals surface area contributed by atoms with Crippen LogP contribution in [0.4, 0.5) is 5.69 Å². The number of carbonyl (C=O) groups is 1. The normalized spacial score (nSPS) is 10.5. The highest BCUT2D eigenvalue weighted by atomic mass is 79.9. The van der Waals surface area contributed by atoms with E-state index in [4.69, 9.17) is 37.4 Å². The number of hydrogen-bond acceptors (Lipinski definition) is 5. The fourth-order valence-electron chi connectivity index (χ4n) is 2.94. The first-order chi connectivity index (χ1) is 15.4. The van der Waals surface area contributed by atoms with Crippen molar-refractivity contribution in [2.75, 3.05) is 19.0 Å². The van der Waals surface area contributed by atoms with E-state index < -0.39 is 0 Å². The first kappa shape index (κ1) is 24.2. The molecular formula is C24H22BrCl2NO4. The molecule has 0 saturated heterocycles. The Kier molecular flexibility index (Phi) is 8.67. The number of halogens is 3. The van der Waals surface area contributed by atoms with Crippen molar-refractivity contribution in [2.45, 2.75) is 20.1 Å². The quantitative estimate of drug-likeness (QED) is 0.293. The van der Waals surface area contributed by atoms with Gasteiger partial charge in [0, 0.05) is 32.3 Å². The van der Waals surface area contributed by atoms with Crippen LogP contribution in [0.3, 0.4) is 0 Å². The molecule has 8 heteroatoms. The maximum Gasteiger partial charge on any atom is 0.338 e. The van der Waals surface area contributed by atoms with Crippen molar-refractivity contribution in [3.63, 3.8) is 0 Å². The maximum atomic E-state index is 11.8. The molecule has 0 atom stereocenters. The largest absolute Gasteiger partial charge is 0.493 e. The Balaban J connectivity index is 1.69. The summed E-state index contributed by atoms with van der Waals surface area (Å²) in [7, 11) is 1.59. The number of esters is 1. The van der Waals surface area contributed by atoms with Crippen LogP contribution in [-0.4, -0.2) is 19.7 Å². The van der Waals surface area contributed by atoms with E-state index in [1.165, 1.54) is 0 Å². The van der Waals surface area contributed by atoms with Crippen molar-refractivity contribution in [3.05, 3.63) is 85.8 Å². The van der Waals surface area contributed by atoms with Crippen molar-refractivity contribution in [1.82, 2.24) is 0 Å². The first-order valence-electron chi connectivity index (χ1n) is 9.86. The summed E-state index contributed by atoms with van der Waals surface area (Å²) >= 11 is 16.1. The SMILES string of the molecule is CCOC(=O)c1ccc(NCc2cc(OC)c(OCc3c(Cl)cccc3Cl)cc2Br)cc1. The van der Waals surface area contributed by atoms with E-state index in [1.807, 2.05) is 24.3 Å². The topological polar surface area (TPSA) is 56.8 Å². The molecule has 0 aliphatic heterocycles. The fraction of sp³-hybridized carbons (Fsp3) is 0.208. The molecule has 32 heavy (non-hydrogen) atoms. The lowest BCUT2D eigenvalue weighted by atomic mass is 10.1. The smallest absolute Gasteiger partial charge is 0.338 e. The predicted molar refractivity (Wildman–Crippen MR) is 131 cm³/mol. The third kappa shape index (κ3) is 6.09. The van der Waals surface area contributed by atoms with Gasteiger partial charge in [-0.1, -0.05) is 45.2 Å². The van der Waals surface area contributed by atoms with E-state index in [2.05, 4.69) is 21.2 Å². The van der Waals surface area contributed by atoms with Gasteiger partial charge in [-0.05, 0) is 61.0 Å². The lowest BCUT2D eigenvalue weighted by Crippen LogP contribution is -2.05. The maximum absolute atomic E-state index is 11.8. The van der Waals surface area contributed by atoms with Crippen LogP contribution in [0.2, 0.25) is 10.0 Å². The van der Waals surface area contributed by atoms with Crippen LogP contribution in [0.1, 0.15) is 28.4 Å². The fourth-order valence-corrected chi connectivity index (χ4v) is 3.91. The molecule has 0 amide bonds. The number of anilines is 1. The minimum atomic E-state index is -0.333. The molecule has 3 rings (SSSR count). The minimum Gasteiger partial charge on any atom is -0.493 e. The van der Waals surface area contributed by atoms with Gasteiger partial charge in [0.2, 0.25) is 0 Å². The number of methoxy groups -OCH3 is 1. The summed E-state index contributed by atoms with van der Waals surface area (Å²) in [5.74, 6) is 0.823. The third-order valence-corrected chi connectivity index (χ3v) is 6.09. The lowest BCUT2D eigenvalue weighted by Gasteiger charge is -2.16. The lowest BCUT2D eigenvalue weighted by molar-refractivity contribution is 0.0526. The molecular weight excluding hydrogens is 517 g/mol. The van der Waals surface area contributed by atoms with E-state index in [-0.39, 0.29) is 12.6 Å². The highest BCUT2D eigenvalue weighted by Gasteiger charge is 2.13. The van der Waals surface area contributed by atoms with Crippen LogP contribution in [0.5, 0.6) is 11.5 Å². The zero-order valence-corrected chi connectivity index (χ0v) is 20.7. The number of hydrogen-bond donors (Lipinski definition) is 1. The van der Waals surface area contributed by atoms with Gasteiger partial charge in [-0.2, -0.15) is 0 Å². The molecule has 0 fully saturated rings. The van der Waals surface area contributed by atoms with Crippen molar-refractivity contribution >= 4 is 50.8 Å². The van der Waals surface area contributed by atoms with Crippen LogP contribution in [0.15, 0.2) is 59.1 Å². The predicted octanol–water partition coefficient (Wildman–Crippen LogP) is 7.13. The molecule has 3 aromatic carbocycles. The molecule has 0 aromatic heterocycles. The molecule has 5 nitrogen and oxygen atoms in total. The van der Waals surface area contributed by atoms with E-state index in [9.17, 15) is 4.79 Å². The van der Waals surface area contributed by atoms with Crippen LogP contribution >= 0.6 is 39.1 Å². The van der Waals surface area contributed by atoms with Gasteiger partial charge in [0.1, 0.15) is 6.61 Å². The minimum absolute atomic E-state index is 0.214. The summed E-state index contributed by atoms with van der Waals surface area (Å²) in [5.41, 5.74) is 3.07. The molecule has 0 saturated carbocycles. The van der Waals surface area contributed by atoms with E-state index in [1.54, 1.807) is 44.4 Å². The van der Waals surface area contributed by atoms with Gasteiger partial charge in [0.05, 0.1) is 19.3 Å². The molecule has 0 spiro atoms. The number of nitrogens with one attached hydrogen (secondary N) is 1. The third-order valence-electron chi connectivity index (χ3n) is 4.65. The van der Waals surface area contributed by atoms with E-state index >= 15 is 0 Å². The average Bonchev–Trinajstić information content (AvgIpc) is 2.78. The molecule has 3 aromatic rings. The van der Waals surface area contributed by atoms with Crippen LogP contribution < -0.4 is 14.8 Å². The van der Waals surface area contributed by atoms with Gasteiger partial charge < -0.3 is 19.5 Å². The monoisotopic (exact) mass is 537 g/mol. The summed E-state index contributed by atoms with van der Waals surface area (Å²) in [6.07, 6.45) is 0. The zero-order chi connectivity index (χ0) is 23.1. The van der Waals surface area contributed by atoms with Gasteiger partial charge in [-0.15, -0.1) is 0 Å². The molecule has 0 aliphatic carbocycles. The molecule has 0 bridgehead atoms. The van der Waals surface area contributed by atoms with Crippen molar-refractivity contribution in [3.8, 4) is 11.5 Å². The van der Waals surface area contributed by atoms with Gasteiger partial charge in [-0.3, -0.25) is 0 Å². The van der Waals surface area contributed by atoms with Crippen LogP contribution in [-0.2, 0) is 17.9 Å². The van der Waals surface area contributed by atoms with Crippen molar-refractivity contribution in [1.29, 1.82) is 0 Å². The number of benzene rings is 3. The Labute approximate surface area is 205 Å². The highest BCUT2D eigenvalue weighted by Crippen LogP contribution is 2.35. The van der Waals surface area contributed by atoms with E-state index in [0.717, 1.165) is 15.7 Å². The van der Waals surface area contributed by atoms with Crippen LogP contribution in [0.25, 0.3) is 0 Å². The summed E-state index contributed by atoms with van der Waals surface area (Å²) in [6.45, 7) is 2.88. The standard InChI is InChI=1S/C24H22BrCl2NO4/c1-3-31-24(29)15-7-9-17(10-8-15)28-13-16-11-22(30-2)23(12-19(16)25)32-14-18-20(26)5-4-6-21(18)27/h4-12,28H,3,13-14H2,1-2H3. The molecule has 168 valence electrons. The summed E-state index contributed by atoms with van der Waals surface area (Å²) in [4.78, 5) is 11.8. The Morgan fingerprint density at radius 3 is 2.34 bits per heavy atom. The Morgan fingerprint density at radius 2 is 1.72 bits per heavy atom. The van der Waals surface area contributed by atoms with E-state index in [0.29, 0.717) is 45.8 Å². The summed E-state index contributed by atoms with van der Waals surface area (Å²) < 4.78 is 17.3. The second-order valence-electron chi connectivity index (χ2n) is 6.73. The van der Waals surface area contributed by atoms with Gasteiger partial charge in [0.15, 0.2) is 11.5 Å². The molecule has 0 aliphatic rings. The molecule has 0 heterocycles. The summed E-state index contributed by atoms with van der Waals surface area (Å²) in [5, 5.41) is 4.42. The Bertz CT molecular complexity index is 1070. The van der Waals surface area contributed by atoms with Crippen molar-refractivity contribution in [2.24, 2.45) is 0 Å². The summed E-state index contributed by atoms with van der Waals surface area (Å²) in [6, 6.07) is 16.2. The second kappa shape index (κ2) is 11.5. The number of carbonyl (C=O) groups excluding carboxylic acids is 1. The Morgan fingerprint density at radius 1 is 1.03 bits per heavy atom. The number of ether oxygens (including phenoxy) is 3. The molecule has 1 N–H and O–H groups in total. The zero-order valence-electron chi connectivity index (χ0n) is 17.6.